The smallest absolute Gasteiger partial charge is 0.264 e. The van der Waals surface area contributed by atoms with Gasteiger partial charge in [-0.3, -0.25) is 9.59 Å². The third-order valence-corrected chi connectivity index (χ3v) is 7.21. The Balaban J connectivity index is 1.40. The summed E-state index contributed by atoms with van der Waals surface area (Å²) in [5.74, 6) is 0.536. The van der Waals surface area contributed by atoms with Gasteiger partial charge in [-0.15, -0.1) is 28.0 Å². The average Bonchev–Trinajstić information content (AvgIpc) is 3.38. The maximum absolute atomic E-state index is 13.1. The number of thiophene rings is 1. The van der Waals surface area contributed by atoms with Crippen LogP contribution >= 0.6 is 22.9 Å². The van der Waals surface area contributed by atoms with E-state index in [0.717, 1.165) is 37.1 Å². The highest BCUT2D eigenvalue weighted by Gasteiger charge is 2.28. The number of likely N-dealkylation sites (tertiary alicyclic amines) is 1. The summed E-state index contributed by atoms with van der Waals surface area (Å²) in [7, 11) is 0. The number of piperidine rings is 1. The highest BCUT2D eigenvalue weighted by molar-refractivity contribution is 7.14. The third kappa shape index (κ3) is 4.64. The van der Waals surface area contributed by atoms with E-state index in [1.165, 1.54) is 16.9 Å². The van der Waals surface area contributed by atoms with E-state index in [1.807, 2.05) is 15.8 Å². The van der Waals surface area contributed by atoms with Gasteiger partial charge in [-0.2, -0.15) is 0 Å². The number of nitrogens with zero attached hydrogens (tertiary/aromatic N) is 4. The lowest BCUT2D eigenvalue weighted by atomic mass is 9.90. The molecule has 0 saturated carbocycles. The molecule has 2 aliphatic rings. The van der Waals surface area contributed by atoms with E-state index in [2.05, 4.69) is 28.6 Å². The molecule has 1 N–H and O–H groups in total. The first-order valence-electron chi connectivity index (χ1n) is 10.2. The summed E-state index contributed by atoms with van der Waals surface area (Å²) in [6.45, 7) is 4.00. The molecule has 1 aliphatic carbocycles. The van der Waals surface area contributed by atoms with Crippen LogP contribution in [0.3, 0.4) is 0 Å². The molecule has 0 spiro atoms. The second kappa shape index (κ2) is 8.83. The first-order chi connectivity index (χ1) is 14.0. The molecule has 1 saturated heterocycles. The van der Waals surface area contributed by atoms with Crippen molar-refractivity contribution in [3.8, 4) is 0 Å². The van der Waals surface area contributed by atoms with Crippen molar-refractivity contribution in [1.82, 2.24) is 25.2 Å². The minimum absolute atomic E-state index is 0.0705. The highest BCUT2D eigenvalue weighted by Crippen LogP contribution is 2.33. The summed E-state index contributed by atoms with van der Waals surface area (Å²) < 4.78 is 1.82. The first kappa shape index (κ1) is 20.3. The average molecular weight is 436 g/mol. The van der Waals surface area contributed by atoms with Gasteiger partial charge in [0.15, 0.2) is 0 Å². The standard InChI is InChI=1S/C20H26ClN5O2S/c1-13-4-5-17-14(7-13)8-18(29-17)20(28)25-6-2-3-16(12-25)26-11-15(23-24-26)10-22-19(27)9-21/h8,11,13,16H,2-7,9-10,12H2,1H3,(H,22,27). The monoisotopic (exact) mass is 435 g/mol. The van der Waals surface area contributed by atoms with Crippen molar-refractivity contribution >= 4 is 34.8 Å². The largest absolute Gasteiger partial charge is 0.349 e. The number of carbonyl (C=O) groups excluding carboxylic acids is 2. The second-order valence-corrected chi connectivity index (χ2v) is 9.46. The topological polar surface area (TPSA) is 80.1 Å². The van der Waals surface area contributed by atoms with Crippen molar-refractivity contribution in [3.05, 3.63) is 33.3 Å². The van der Waals surface area contributed by atoms with Crippen molar-refractivity contribution < 1.29 is 9.59 Å². The fraction of sp³-hybridized carbons (Fsp3) is 0.600. The van der Waals surface area contributed by atoms with Crippen molar-refractivity contribution in [2.24, 2.45) is 5.92 Å². The van der Waals surface area contributed by atoms with Crippen LogP contribution < -0.4 is 5.32 Å². The van der Waals surface area contributed by atoms with Gasteiger partial charge < -0.3 is 10.2 Å². The molecule has 1 fully saturated rings. The molecule has 29 heavy (non-hydrogen) atoms. The molecule has 3 heterocycles. The first-order valence-corrected chi connectivity index (χ1v) is 11.5. The number of fused-ring (bicyclic) bond motifs is 1. The lowest BCUT2D eigenvalue weighted by Gasteiger charge is -2.32. The van der Waals surface area contributed by atoms with Crippen LogP contribution in [0.2, 0.25) is 0 Å². The summed E-state index contributed by atoms with van der Waals surface area (Å²) in [4.78, 5) is 28.6. The Labute approximate surface area is 179 Å². The number of aromatic nitrogens is 3. The van der Waals surface area contributed by atoms with Gasteiger partial charge in [0.1, 0.15) is 11.6 Å². The SMILES string of the molecule is CC1CCc2sc(C(=O)N3CCCC(n4cc(CNC(=O)CCl)nn4)C3)cc2C1. The quantitative estimate of drug-likeness (QED) is 0.732. The molecule has 2 aromatic heterocycles. The van der Waals surface area contributed by atoms with Crippen LogP contribution in [0.1, 0.15) is 58.0 Å². The van der Waals surface area contributed by atoms with Crippen LogP contribution in [0, 0.1) is 5.92 Å². The Kier molecular flexibility index (Phi) is 6.20. The highest BCUT2D eigenvalue weighted by atomic mass is 35.5. The number of halogens is 1. The number of nitrogens with one attached hydrogen (secondary N) is 1. The number of hydrogen-bond donors (Lipinski definition) is 1. The Morgan fingerprint density at radius 1 is 1.38 bits per heavy atom. The van der Waals surface area contributed by atoms with Crippen LogP contribution in [0.4, 0.5) is 0 Å². The van der Waals surface area contributed by atoms with Gasteiger partial charge >= 0.3 is 0 Å². The number of carbonyl (C=O) groups is 2. The number of rotatable bonds is 5. The van der Waals surface area contributed by atoms with E-state index in [1.54, 1.807) is 11.3 Å². The number of hydrogen-bond acceptors (Lipinski definition) is 5. The maximum atomic E-state index is 13.1. The molecule has 1 aliphatic heterocycles. The van der Waals surface area contributed by atoms with Crippen molar-refractivity contribution in [2.75, 3.05) is 19.0 Å². The Hall–Kier alpha value is -1.93. The number of alkyl halides is 1. The van der Waals surface area contributed by atoms with Gasteiger partial charge in [0.2, 0.25) is 5.91 Å². The van der Waals surface area contributed by atoms with Crippen LogP contribution in [-0.2, 0) is 24.2 Å². The van der Waals surface area contributed by atoms with Gasteiger partial charge in [0.05, 0.1) is 23.7 Å². The summed E-state index contributed by atoms with van der Waals surface area (Å²) in [5, 5.41) is 11.0. The van der Waals surface area contributed by atoms with E-state index in [0.29, 0.717) is 24.7 Å². The van der Waals surface area contributed by atoms with Crippen molar-refractivity contribution in [2.45, 2.75) is 51.6 Å². The van der Waals surface area contributed by atoms with Crippen LogP contribution in [0.5, 0.6) is 0 Å². The summed E-state index contributed by atoms with van der Waals surface area (Å²) in [5.41, 5.74) is 2.05. The van der Waals surface area contributed by atoms with Crippen LogP contribution in [0.15, 0.2) is 12.3 Å². The fourth-order valence-corrected chi connectivity index (χ4v) is 5.40. The molecule has 156 valence electrons. The molecule has 4 rings (SSSR count). The van der Waals surface area contributed by atoms with Gasteiger partial charge in [0, 0.05) is 18.0 Å². The number of aryl methyl sites for hydroxylation is 1. The van der Waals surface area contributed by atoms with Crippen molar-refractivity contribution in [3.63, 3.8) is 0 Å². The maximum Gasteiger partial charge on any atom is 0.264 e. The fourth-order valence-electron chi connectivity index (χ4n) is 4.13. The van der Waals surface area contributed by atoms with Crippen LogP contribution in [0.25, 0.3) is 0 Å². The molecule has 0 aromatic carbocycles. The molecular weight excluding hydrogens is 410 g/mol. The van der Waals surface area contributed by atoms with E-state index in [-0.39, 0.29) is 23.7 Å². The lowest BCUT2D eigenvalue weighted by Crippen LogP contribution is -2.40. The third-order valence-electron chi connectivity index (χ3n) is 5.74. The molecule has 2 aromatic rings. The summed E-state index contributed by atoms with van der Waals surface area (Å²) in [6.07, 6.45) is 7.14. The molecule has 9 heteroatoms. The van der Waals surface area contributed by atoms with E-state index in [4.69, 9.17) is 11.6 Å². The van der Waals surface area contributed by atoms with Crippen LogP contribution in [-0.4, -0.2) is 50.7 Å². The second-order valence-electron chi connectivity index (χ2n) is 8.05. The lowest BCUT2D eigenvalue weighted by molar-refractivity contribution is -0.118. The van der Waals surface area contributed by atoms with Gasteiger partial charge in [-0.1, -0.05) is 12.1 Å². The van der Waals surface area contributed by atoms with Gasteiger partial charge in [-0.05, 0) is 49.7 Å². The molecule has 2 atom stereocenters. The molecule has 0 radical (unpaired) electrons. The number of amides is 2. The van der Waals surface area contributed by atoms with Crippen molar-refractivity contribution in [1.29, 1.82) is 0 Å². The molecular formula is C20H26ClN5O2S. The molecule has 7 nitrogen and oxygen atoms in total. The summed E-state index contributed by atoms with van der Waals surface area (Å²) >= 11 is 7.17. The van der Waals surface area contributed by atoms with Gasteiger partial charge in [0.25, 0.3) is 5.91 Å². The molecule has 0 bridgehead atoms. The predicted octanol–water partition coefficient (Wildman–Crippen LogP) is 2.80. The zero-order valence-corrected chi connectivity index (χ0v) is 18.1. The van der Waals surface area contributed by atoms with E-state index in [9.17, 15) is 9.59 Å². The van der Waals surface area contributed by atoms with E-state index >= 15 is 0 Å². The molecule has 2 unspecified atom stereocenters. The Bertz CT molecular complexity index is 895. The molecule has 2 amide bonds. The van der Waals surface area contributed by atoms with E-state index < -0.39 is 0 Å². The van der Waals surface area contributed by atoms with Gasteiger partial charge in [-0.25, -0.2) is 4.68 Å². The Morgan fingerprint density at radius 3 is 3.07 bits per heavy atom. The zero-order valence-electron chi connectivity index (χ0n) is 16.6. The summed E-state index contributed by atoms with van der Waals surface area (Å²) in [6, 6.07) is 2.22. The normalized spacial score (nSPS) is 21.7. The predicted molar refractivity (Wildman–Crippen MR) is 112 cm³/mol. The zero-order chi connectivity index (χ0) is 20.4. The minimum Gasteiger partial charge on any atom is -0.349 e. The Morgan fingerprint density at radius 2 is 2.24 bits per heavy atom. The minimum atomic E-state index is -0.233.